The Morgan fingerprint density at radius 2 is 1.86 bits per heavy atom. The van der Waals surface area contributed by atoms with Gasteiger partial charge in [0.25, 0.3) is 5.56 Å². The van der Waals surface area contributed by atoms with Gasteiger partial charge in [-0.1, -0.05) is 36.4 Å². The van der Waals surface area contributed by atoms with Crippen LogP contribution >= 0.6 is 0 Å². The third-order valence-corrected chi connectivity index (χ3v) is 3.56. The number of benzene rings is 1. The fourth-order valence-corrected chi connectivity index (χ4v) is 2.60. The molecule has 21 heavy (non-hydrogen) atoms. The van der Waals surface area contributed by atoms with E-state index in [9.17, 15) is 4.79 Å². The lowest BCUT2D eigenvalue weighted by Crippen LogP contribution is -2.22. The molecule has 0 saturated heterocycles. The molecule has 0 aliphatic heterocycles. The van der Waals surface area contributed by atoms with Gasteiger partial charge < -0.3 is 5.73 Å². The zero-order chi connectivity index (χ0) is 14.8. The molecule has 2 N–H and O–H groups in total. The molecule has 2 heterocycles. The highest BCUT2D eigenvalue weighted by Crippen LogP contribution is 2.20. The Morgan fingerprint density at radius 1 is 1.10 bits per heavy atom. The third kappa shape index (κ3) is 2.34. The van der Waals surface area contributed by atoms with E-state index in [2.05, 4.69) is 4.98 Å². The van der Waals surface area contributed by atoms with Gasteiger partial charge in [0, 0.05) is 12.1 Å². The summed E-state index contributed by atoms with van der Waals surface area (Å²) in [6, 6.07) is 15.3. The molecule has 1 aromatic carbocycles. The van der Waals surface area contributed by atoms with E-state index in [-0.39, 0.29) is 5.56 Å². The van der Waals surface area contributed by atoms with Gasteiger partial charge in [-0.3, -0.25) is 9.20 Å². The van der Waals surface area contributed by atoms with Gasteiger partial charge in [0.05, 0.1) is 11.3 Å². The van der Waals surface area contributed by atoms with Crippen LogP contribution in [0.25, 0.3) is 16.8 Å². The van der Waals surface area contributed by atoms with Crippen molar-refractivity contribution < 1.29 is 0 Å². The van der Waals surface area contributed by atoms with E-state index < -0.39 is 0 Å². The van der Waals surface area contributed by atoms with Gasteiger partial charge in [0.2, 0.25) is 0 Å². The smallest absolute Gasteiger partial charge is 0.266 e. The predicted octanol–water partition coefficient (Wildman–Crippen LogP) is 2.17. The summed E-state index contributed by atoms with van der Waals surface area (Å²) in [6.45, 7) is 2.38. The molecule has 0 radical (unpaired) electrons. The molecule has 0 bridgehead atoms. The van der Waals surface area contributed by atoms with Crippen molar-refractivity contribution in [1.29, 1.82) is 0 Å². The van der Waals surface area contributed by atoms with Crippen LogP contribution in [0.1, 0.15) is 11.4 Å². The first-order valence-electron chi connectivity index (χ1n) is 6.99. The second kappa shape index (κ2) is 5.50. The second-order valence-corrected chi connectivity index (χ2v) is 5.00. The van der Waals surface area contributed by atoms with Crippen molar-refractivity contribution >= 4 is 5.65 Å². The summed E-state index contributed by atoms with van der Waals surface area (Å²) in [5, 5.41) is 0. The van der Waals surface area contributed by atoms with Gasteiger partial charge in [0.15, 0.2) is 0 Å². The molecule has 0 spiro atoms. The van der Waals surface area contributed by atoms with Crippen molar-refractivity contribution in [3.05, 3.63) is 70.3 Å². The summed E-state index contributed by atoms with van der Waals surface area (Å²) >= 11 is 0. The Morgan fingerprint density at radius 3 is 2.57 bits per heavy atom. The minimum Gasteiger partial charge on any atom is -0.330 e. The van der Waals surface area contributed by atoms with Crippen LogP contribution in [0, 0.1) is 6.92 Å². The van der Waals surface area contributed by atoms with E-state index in [1.165, 1.54) is 0 Å². The van der Waals surface area contributed by atoms with Crippen molar-refractivity contribution in [3.8, 4) is 11.1 Å². The molecule has 0 saturated carbocycles. The molecule has 0 atom stereocenters. The Hall–Kier alpha value is -2.46. The topological polar surface area (TPSA) is 60.4 Å². The number of nitrogens with zero attached hydrogens (tertiary/aromatic N) is 2. The number of pyridine rings is 1. The highest BCUT2D eigenvalue weighted by molar-refractivity contribution is 5.66. The third-order valence-electron chi connectivity index (χ3n) is 3.56. The van der Waals surface area contributed by atoms with Crippen molar-refractivity contribution in [2.45, 2.75) is 13.3 Å². The van der Waals surface area contributed by atoms with E-state index in [0.29, 0.717) is 24.2 Å². The molecule has 2 aromatic heterocycles. The van der Waals surface area contributed by atoms with E-state index in [1.54, 1.807) is 4.40 Å². The number of hydrogen-bond donors (Lipinski definition) is 1. The summed E-state index contributed by atoms with van der Waals surface area (Å²) in [4.78, 5) is 17.6. The van der Waals surface area contributed by atoms with Crippen LogP contribution in [-0.4, -0.2) is 15.9 Å². The van der Waals surface area contributed by atoms with Crippen molar-refractivity contribution in [2.75, 3.05) is 6.54 Å². The first kappa shape index (κ1) is 13.5. The van der Waals surface area contributed by atoms with Gasteiger partial charge in [-0.05, 0) is 31.2 Å². The summed E-state index contributed by atoms with van der Waals surface area (Å²) in [6.07, 6.45) is 0.587. The van der Waals surface area contributed by atoms with Crippen molar-refractivity contribution in [1.82, 2.24) is 9.38 Å². The summed E-state index contributed by atoms with van der Waals surface area (Å²) in [5.74, 6) is 0. The zero-order valence-corrected chi connectivity index (χ0v) is 11.9. The van der Waals surface area contributed by atoms with Crippen LogP contribution in [0.4, 0.5) is 0 Å². The van der Waals surface area contributed by atoms with Gasteiger partial charge in [-0.25, -0.2) is 4.98 Å². The maximum Gasteiger partial charge on any atom is 0.266 e. The molecule has 4 heteroatoms. The molecular weight excluding hydrogens is 262 g/mol. The summed E-state index contributed by atoms with van der Waals surface area (Å²) < 4.78 is 1.66. The number of fused-ring (bicyclic) bond motifs is 1. The summed E-state index contributed by atoms with van der Waals surface area (Å²) in [5.41, 5.74) is 9.49. The molecule has 4 nitrogen and oxygen atoms in total. The Bertz CT molecular complexity index is 838. The lowest BCUT2D eigenvalue weighted by molar-refractivity contribution is 0.895. The van der Waals surface area contributed by atoms with Gasteiger partial charge >= 0.3 is 0 Å². The maximum atomic E-state index is 12.9. The lowest BCUT2D eigenvalue weighted by atomic mass is 10.0. The van der Waals surface area contributed by atoms with Crippen LogP contribution in [0.3, 0.4) is 0 Å². The Balaban J connectivity index is 2.41. The molecule has 0 unspecified atom stereocenters. The summed E-state index contributed by atoms with van der Waals surface area (Å²) in [7, 11) is 0. The molecule has 0 amide bonds. The first-order chi connectivity index (χ1) is 10.2. The van der Waals surface area contributed by atoms with Crippen LogP contribution in [-0.2, 0) is 6.42 Å². The monoisotopic (exact) mass is 279 g/mol. The molecule has 106 valence electrons. The van der Waals surface area contributed by atoms with E-state index in [0.717, 1.165) is 17.0 Å². The Labute approximate surface area is 122 Å². The van der Waals surface area contributed by atoms with Crippen LogP contribution in [0.5, 0.6) is 0 Å². The fourth-order valence-electron chi connectivity index (χ4n) is 2.60. The van der Waals surface area contributed by atoms with Crippen molar-refractivity contribution in [2.24, 2.45) is 5.73 Å². The molecule has 3 aromatic rings. The Kier molecular flexibility index (Phi) is 3.54. The van der Waals surface area contributed by atoms with Crippen LogP contribution < -0.4 is 11.3 Å². The number of rotatable bonds is 3. The largest absolute Gasteiger partial charge is 0.330 e. The predicted molar refractivity (Wildman–Crippen MR) is 84.4 cm³/mol. The van der Waals surface area contributed by atoms with Crippen LogP contribution in [0.15, 0.2) is 53.3 Å². The minimum atomic E-state index is -0.0345. The van der Waals surface area contributed by atoms with E-state index >= 15 is 0 Å². The fraction of sp³-hybridized carbons (Fsp3) is 0.176. The van der Waals surface area contributed by atoms with E-state index in [1.807, 2.05) is 55.5 Å². The lowest BCUT2D eigenvalue weighted by Gasteiger charge is -2.12. The average molecular weight is 279 g/mol. The number of hydrogen-bond acceptors (Lipinski definition) is 3. The first-order valence-corrected chi connectivity index (χ1v) is 6.99. The normalized spacial score (nSPS) is 11.0. The molecular formula is C17H17N3O. The van der Waals surface area contributed by atoms with Crippen molar-refractivity contribution in [3.63, 3.8) is 0 Å². The highest BCUT2D eigenvalue weighted by Gasteiger charge is 2.14. The maximum absolute atomic E-state index is 12.9. The second-order valence-electron chi connectivity index (χ2n) is 5.00. The number of nitrogens with two attached hydrogens (primary N) is 1. The van der Waals surface area contributed by atoms with Gasteiger partial charge in [0.1, 0.15) is 5.65 Å². The van der Waals surface area contributed by atoms with E-state index in [4.69, 9.17) is 5.73 Å². The SMILES string of the molecule is Cc1cccc2nc(CCN)c(-c3ccccc3)c(=O)n12. The van der Waals surface area contributed by atoms with Gasteiger partial charge in [-0.15, -0.1) is 0 Å². The zero-order valence-electron chi connectivity index (χ0n) is 11.9. The molecule has 0 aliphatic rings. The molecule has 0 aliphatic carbocycles. The molecule has 0 fully saturated rings. The standard InChI is InChI=1S/C17H17N3O/c1-12-6-5-9-15-19-14(10-11-18)16(17(21)20(12)15)13-7-3-2-4-8-13/h2-9H,10-11,18H2,1H3. The quantitative estimate of drug-likeness (QED) is 0.799. The number of aromatic nitrogens is 2. The minimum absolute atomic E-state index is 0.0345. The van der Waals surface area contributed by atoms with Gasteiger partial charge in [-0.2, -0.15) is 0 Å². The number of aryl methyl sites for hydroxylation is 1. The van der Waals surface area contributed by atoms with Crippen LogP contribution in [0.2, 0.25) is 0 Å². The molecule has 3 rings (SSSR count). The average Bonchev–Trinajstić information content (AvgIpc) is 2.48. The highest BCUT2D eigenvalue weighted by atomic mass is 16.1.